The maximum Gasteiger partial charge on any atom is 0.335 e. The van der Waals surface area contributed by atoms with Crippen molar-refractivity contribution in [2.45, 2.75) is 17.9 Å². The summed E-state index contributed by atoms with van der Waals surface area (Å²) in [4.78, 5) is 36.4. The first-order chi connectivity index (χ1) is 10.0. The average molecular weight is 303 g/mol. The molecule has 0 radical (unpaired) electrons. The fourth-order valence-corrected chi connectivity index (χ4v) is 3.15. The Labute approximate surface area is 124 Å². The summed E-state index contributed by atoms with van der Waals surface area (Å²) in [7, 11) is 1.62. The molecule has 1 N–H and O–H groups in total. The predicted molar refractivity (Wildman–Crippen MR) is 79.8 cm³/mol. The van der Waals surface area contributed by atoms with Crippen LogP contribution in [0.5, 0.6) is 0 Å². The molecule has 108 valence electrons. The summed E-state index contributed by atoms with van der Waals surface area (Å²) in [6.45, 7) is 1.71. The van der Waals surface area contributed by atoms with E-state index in [9.17, 15) is 14.4 Å². The van der Waals surface area contributed by atoms with E-state index in [0.29, 0.717) is 11.4 Å². The number of aryl methyl sites for hydroxylation is 1. The number of carbonyl (C=O) groups is 1. The van der Waals surface area contributed by atoms with Gasteiger partial charge in [-0.3, -0.25) is 4.79 Å². The third-order valence-corrected chi connectivity index (χ3v) is 4.54. The lowest BCUT2D eigenvalue weighted by molar-refractivity contribution is -0.109. The first-order valence-electron chi connectivity index (χ1n) is 6.34. The summed E-state index contributed by atoms with van der Waals surface area (Å²) in [5.41, 5.74) is 1.07. The lowest BCUT2D eigenvalue weighted by Crippen LogP contribution is -2.38. The van der Waals surface area contributed by atoms with E-state index in [2.05, 4.69) is 4.72 Å². The number of fused-ring (bicyclic) bond motifs is 1. The van der Waals surface area contributed by atoms with Crippen molar-refractivity contribution < 1.29 is 4.79 Å². The second kappa shape index (κ2) is 5.01. The third-order valence-electron chi connectivity index (χ3n) is 3.58. The predicted octanol–water partition coefficient (Wildman–Crippen LogP) is 0.695. The van der Waals surface area contributed by atoms with Crippen LogP contribution in [0.15, 0.2) is 38.8 Å². The third kappa shape index (κ3) is 2.14. The van der Waals surface area contributed by atoms with Crippen LogP contribution in [0.4, 0.5) is 0 Å². The van der Waals surface area contributed by atoms with Gasteiger partial charge in [-0.05, 0) is 42.6 Å². The molecule has 0 amide bonds. The molecular formula is C14H13N3O3S. The number of nitrogens with zero attached hydrogens (tertiary/aromatic N) is 2. The van der Waals surface area contributed by atoms with Crippen molar-refractivity contribution in [3.05, 3.63) is 56.4 Å². The van der Waals surface area contributed by atoms with Gasteiger partial charge >= 0.3 is 5.69 Å². The second-order valence-electron chi connectivity index (χ2n) is 4.86. The first kappa shape index (κ1) is 13.8. The van der Waals surface area contributed by atoms with Gasteiger partial charge in [0.25, 0.3) is 5.56 Å². The van der Waals surface area contributed by atoms with E-state index in [-0.39, 0.29) is 5.56 Å². The van der Waals surface area contributed by atoms with Crippen molar-refractivity contribution in [2.75, 3.05) is 0 Å². The number of aromatic nitrogens is 2. The molecule has 0 fully saturated rings. The molecule has 0 spiro atoms. The van der Waals surface area contributed by atoms with Crippen molar-refractivity contribution in [3.63, 3.8) is 0 Å². The Morgan fingerprint density at radius 3 is 2.76 bits per heavy atom. The van der Waals surface area contributed by atoms with Crippen LogP contribution in [0.3, 0.4) is 0 Å². The lowest BCUT2D eigenvalue weighted by Gasteiger charge is -2.11. The van der Waals surface area contributed by atoms with E-state index in [1.807, 2.05) is 0 Å². The zero-order valence-electron chi connectivity index (χ0n) is 11.5. The van der Waals surface area contributed by atoms with Gasteiger partial charge in [0, 0.05) is 23.7 Å². The van der Waals surface area contributed by atoms with Crippen LogP contribution in [0.25, 0.3) is 5.69 Å². The van der Waals surface area contributed by atoms with Gasteiger partial charge in [-0.15, -0.1) is 0 Å². The van der Waals surface area contributed by atoms with Crippen LogP contribution < -0.4 is 16.0 Å². The number of hydrogen-bond acceptors (Lipinski definition) is 5. The number of rotatable bonds is 2. The quantitative estimate of drug-likeness (QED) is 0.653. The molecule has 1 aliphatic heterocycles. The Balaban J connectivity index is 2.24. The van der Waals surface area contributed by atoms with E-state index in [1.54, 1.807) is 32.2 Å². The smallest absolute Gasteiger partial charge is 0.301 e. The van der Waals surface area contributed by atoms with Crippen LogP contribution in [0.2, 0.25) is 0 Å². The zero-order chi connectivity index (χ0) is 15.1. The van der Waals surface area contributed by atoms with E-state index in [1.165, 1.54) is 22.6 Å². The highest BCUT2D eigenvalue weighted by Crippen LogP contribution is 2.34. The van der Waals surface area contributed by atoms with Crippen molar-refractivity contribution in [1.29, 1.82) is 0 Å². The van der Waals surface area contributed by atoms with Crippen LogP contribution in [0, 0.1) is 6.92 Å². The molecule has 7 heteroatoms. The van der Waals surface area contributed by atoms with Gasteiger partial charge in [0.2, 0.25) is 0 Å². The minimum absolute atomic E-state index is 0.378. The molecule has 0 bridgehead atoms. The van der Waals surface area contributed by atoms with E-state index < -0.39 is 11.7 Å². The molecule has 6 nitrogen and oxygen atoms in total. The molecule has 2 aromatic rings. The molecule has 0 saturated heterocycles. The highest BCUT2D eigenvalue weighted by Gasteiger charge is 2.23. The molecule has 3 rings (SSSR count). The largest absolute Gasteiger partial charge is 0.335 e. The van der Waals surface area contributed by atoms with Gasteiger partial charge < -0.3 is 9.36 Å². The Bertz CT molecular complexity index is 854. The molecule has 1 aromatic carbocycles. The number of nitrogens with one attached hydrogen (secondary N) is 1. The lowest BCUT2D eigenvalue weighted by atomic mass is 10.1. The van der Waals surface area contributed by atoms with Gasteiger partial charge in [0.05, 0.1) is 11.7 Å². The summed E-state index contributed by atoms with van der Waals surface area (Å²) in [5, 5.41) is 0. The molecule has 1 atom stereocenters. The van der Waals surface area contributed by atoms with Gasteiger partial charge in [0.15, 0.2) is 0 Å². The molecule has 1 unspecified atom stereocenters. The highest BCUT2D eigenvalue weighted by atomic mass is 32.2. The summed E-state index contributed by atoms with van der Waals surface area (Å²) >= 11 is 1.37. The fraction of sp³-hybridized carbons (Fsp3) is 0.214. The first-order valence-corrected chi connectivity index (χ1v) is 7.16. The molecule has 2 heterocycles. The summed E-state index contributed by atoms with van der Waals surface area (Å²) in [6, 6.07) is 6.21. The Morgan fingerprint density at radius 2 is 2.05 bits per heavy atom. The van der Waals surface area contributed by atoms with Gasteiger partial charge in [-0.1, -0.05) is 0 Å². The summed E-state index contributed by atoms with van der Waals surface area (Å²) < 4.78 is 5.50. The van der Waals surface area contributed by atoms with Crippen LogP contribution >= 0.6 is 11.9 Å². The number of aldehydes is 1. The van der Waals surface area contributed by atoms with E-state index >= 15 is 0 Å². The van der Waals surface area contributed by atoms with Gasteiger partial charge in [0.1, 0.15) is 6.29 Å². The average Bonchev–Trinajstić information content (AvgIpc) is 2.87. The van der Waals surface area contributed by atoms with E-state index in [4.69, 9.17) is 0 Å². The molecule has 0 saturated carbocycles. The maximum absolute atomic E-state index is 12.3. The Morgan fingerprint density at radius 1 is 1.29 bits per heavy atom. The SMILES string of the molecule is Cc1cc(=O)n(-c2ccc3c(c2)C(C=O)NS3)c(=O)n1C. The van der Waals surface area contributed by atoms with Crippen molar-refractivity contribution in [1.82, 2.24) is 13.9 Å². The molecular weight excluding hydrogens is 290 g/mol. The zero-order valence-corrected chi connectivity index (χ0v) is 12.3. The molecule has 1 aliphatic rings. The van der Waals surface area contributed by atoms with Crippen molar-refractivity contribution in [3.8, 4) is 5.69 Å². The molecule has 21 heavy (non-hydrogen) atoms. The number of hydrogen-bond donors (Lipinski definition) is 1. The Hall–Kier alpha value is -2.12. The minimum Gasteiger partial charge on any atom is -0.301 e. The van der Waals surface area contributed by atoms with Crippen LogP contribution in [0.1, 0.15) is 17.3 Å². The summed E-state index contributed by atoms with van der Waals surface area (Å²) in [5.74, 6) is 0. The van der Waals surface area contributed by atoms with Crippen molar-refractivity contribution in [2.24, 2.45) is 7.05 Å². The number of carbonyl (C=O) groups excluding carboxylic acids is 1. The summed E-state index contributed by atoms with van der Waals surface area (Å²) in [6.07, 6.45) is 0.804. The monoisotopic (exact) mass is 303 g/mol. The van der Waals surface area contributed by atoms with Gasteiger partial charge in [-0.2, -0.15) is 0 Å². The maximum atomic E-state index is 12.3. The normalized spacial score (nSPS) is 16.8. The second-order valence-corrected chi connectivity index (χ2v) is 5.74. The minimum atomic E-state index is -0.421. The van der Waals surface area contributed by atoms with Crippen LogP contribution in [-0.4, -0.2) is 15.4 Å². The van der Waals surface area contributed by atoms with E-state index in [0.717, 1.165) is 21.3 Å². The standard InChI is InChI=1S/C14H13N3O3S/c1-8-5-13(19)17(14(20)16(8)2)9-3-4-12-10(6-9)11(7-18)15-21-12/h3-7,11,15H,1-2H3. The Kier molecular flexibility index (Phi) is 3.30. The highest BCUT2D eigenvalue weighted by molar-refractivity contribution is 7.97. The number of benzene rings is 1. The molecule has 1 aromatic heterocycles. The topological polar surface area (TPSA) is 73.1 Å². The fourth-order valence-electron chi connectivity index (χ4n) is 2.28. The van der Waals surface area contributed by atoms with Crippen molar-refractivity contribution >= 4 is 18.2 Å². The van der Waals surface area contributed by atoms with Gasteiger partial charge in [-0.25, -0.2) is 14.1 Å². The van der Waals surface area contributed by atoms with Crippen LogP contribution in [-0.2, 0) is 11.8 Å². The molecule has 0 aliphatic carbocycles.